The monoisotopic (exact) mass is 204 g/mol. The van der Waals surface area contributed by atoms with Gasteiger partial charge in [-0.2, -0.15) is 5.10 Å². The van der Waals surface area contributed by atoms with Crippen molar-refractivity contribution >= 4 is 5.65 Å². The van der Waals surface area contributed by atoms with Gasteiger partial charge in [0.05, 0.1) is 0 Å². The molecule has 0 unspecified atom stereocenters. The highest BCUT2D eigenvalue weighted by Gasteiger charge is 2.03. The Morgan fingerprint density at radius 2 is 2.20 bits per heavy atom. The van der Waals surface area contributed by atoms with Gasteiger partial charge < -0.3 is 4.90 Å². The molecule has 0 aliphatic rings. The molecule has 0 saturated heterocycles. The molecular formula is C11H16N4. The Hall–Kier alpha value is -1.42. The van der Waals surface area contributed by atoms with Crippen molar-refractivity contribution in [1.82, 2.24) is 19.5 Å². The minimum absolute atomic E-state index is 0.897. The molecule has 0 saturated carbocycles. The van der Waals surface area contributed by atoms with Crippen LogP contribution in [0.15, 0.2) is 18.3 Å². The fourth-order valence-corrected chi connectivity index (χ4v) is 1.46. The highest BCUT2D eigenvalue weighted by Crippen LogP contribution is 2.04. The molecule has 15 heavy (non-hydrogen) atoms. The molecular weight excluding hydrogens is 188 g/mol. The van der Waals surface area contributed by atoms with Gasteiger partial charge in [0, 0.05) is 19.2 Å². The molecule has 2 aromatic heterocycles. The third-order valence-corrected chi connectivity index (χ3v) is 2.32. The number of pyridine rings is 1. The van der Waals surface area contributed by atoms with Crippen molar-refractivity contribution < 1.29 is 0 Å². The summed E-state index contributed by atoms with van der Waals surface area (Å²) in [6.07, 6.45) is 2.85. The van der Waals surface area contributed by atoms with Crippen LogP contribution in [0, 0.1) is 6.92 Å². The molecule has 0 radical (unpaired) electrons. The maximum Gasteiger partial charge on any atom is 0.155 e. The van der Waals surface area contributed by atoms with Gasteiger partial charge in [-0.1, -0.05) is 0 Å². The van der Waals surface area contributed by atoms with Gasteiger partial charge in [-0.15, -0.1) is 0 Å². The van der Waals surface area contributed by atoms with E-state index in [0.717, 1.165) is 24.4 Å². The lowest BCUT2D eigenvalue weighted by Crippen LogP contribution is -2.15. The number of aromatic nitrogens is 3. The van der Waals surface area contributed by atoms with E-state index in [0.29, 0.717) is 0 Å². The lowest BCUT2D eigenvalue weighted by Gasteiger charge is -2.05. The molecule has 4 heteroatoms. The number of fused-ring (bicyclic) bond motifs is 1. The van der Waals surface area contributed by atoms with Crippen LogP contribution in [0.3, 0.4) is 0 Å². The Morgan fingerprint density at radius 1 is 1.40 bits per heavy atom. The molecule has 2 aromatic rings. The summed E-state index contributed by atoms with van der Waals surface area (Å²) in [5.74, 6) is 0.911. The first kappa shape index (κ1) is 10.1. The van der Waals surface area contributed by atoms with Crippen LogP contribution in [-0.4, -0.2) is 40.1 Å². The summed E-state index contributed by atoms with van der Waals surface area (Å²) in [7, 11) is 4.11. The van der Waals surface area contributed by atoms with Crippen molar-refractivity contribution in [3.8, 4) is 0 Å². The lowest BCUT2D eigenvalue weighted by atomic mass is 10.3. The van der Waals surface area contributed by atoms with Crippen molar-refractivity contribution in [2.45, 2.75) is 13.3 Å². The van der Waals surface area contributed by atoms with Crippen LogP contribution in [0.4, 0.5) is 0 Å². The smallest absolute Gasteiger partial charge is 0.155 e. The molecule has 2 heterocycles. The summed E-state index contributed by atoms with van der Waals surface area (Å²) >= 11 is 0. The van der Waals surface area contributed by atoms with Gasteiger partial charge in [0.2, 0.25) is 0 Å². The maximum atomic E-state index is 4.47. The Balaban J connectivity index is 2.23. The minimum atomic E-state index is 0.897. The van der Waals surface area contributed by atoms with Crippen molar-refractivity contribution in [1.29, 1.82) is 0 Å². The van der Waals surface area contributed by atoms with Crippen LogP contribution in [-0.2, 0) is 6.42 Å². The average Bonchev–Trinajstić information content (AvgIpc) is 2.56. The maximum absolute atomic E-state index is 4.47. The standard InChI is InChI=1S/C11H16N4/c1-9-4-7-15-11(8-9)12-10(13-15)5-6-14(2)3/h4,7-8H,5-6H2,1-3H3. The molecule has 4 nitrogen and oxygen atoms in total. The van der Waals surface area contributed by atoms with Gasteiger partial charge >= 0.3 is 0 Å². The van der Waals surface area contributed by atoms with Gasteiger partial charge in [-0.3, -0.25) is 0 Å². The van der Waals surface area contributed by atoms with Gasteiger partial charge in [-0.25, -0.2) is 9.50 Å². The van der Waals surface area contributed by atoms with Gasteiger partial charge in [0.25, 0.3) is 0 Å². The molecule has 0 fully saturated rings. The van der Waals surface area contributed by atoms with E-state index in [1.807, 2.05) is 22.8 Å². The minimum Gasteiger partial charge on any atom is -0.309 e. The number of hydrogen-bond acceptors (Lipinski definition) is 3. The largest absolute Gasteiger partial charge is 0.309 e. The second-order valence-electron chi connectivity index (χ2n) is 4.09. The first-order valence-corrected chi connectivity index (χ1v) is 5.12. The van der Waals surface area contributed by atoms with E-state index in [1.165, 1.54) is 5.56 Å². The summed E-state index contributed by atoms with van der Waals surface area (Å²) in [4.78, 5) is 6.61. The van der Waals surface area contributed by atoms with E-state index < -0.39 is 0 Å². The molecule has 0 aliphatic heterocycles. The zero-order valence-electron chi connectivity index (χ0n) is 9.44. The predicted octanol–water partition coefficient (Wildman–Crippen LogP) is 1.14. The van der Waals surface area contributed by atoms with Crippen molar-refractivity contribution in [3.63, 3.8) is 0 Å². The fraction of sp³-hybridized carbons (Fsp3) is 0.455. The Morgan fingerprint density at radius 3 is 2.93 bits per heavy atom. The normalized spacial score (nSPS) is 11.5. The molecule has 0 amide bonds. The SMILES string of the molecule is Cc1ccn2nc(CCN(C)C)nc2c1. The number of nitrogens with zero attached hydrogens (tertiary/aromatic N) is 4. The fourth-order valence-electron chi connectivity index (χ4n) is 1.46. The molecule has 80 valence electrons. The molecule has 0 spiro atoms. The zero-order valence-corrected chi connectivity index (χ0v) is 9.44. The number of aryl methyl sites for hydroxylation is 1. The van der Waals surface area contributed by atoms with Gasteiger partial charge in [-0.05, 0) is 38.7 Å². The molecule has 0 atom stereocenters. The summed E-state index contributed by atoms with van der Waals surface area (Å²) in [5, 5.41) is 4.40. The number of likely N-dealkylation sites (N-methyl/N-ethyl adjacent to an activating group) is 1. The first-order valence-electron chi connectivity index (χ1n) is 5.12. The molecule has 0 N–H and O–H groups in total. The highest BCUT2D eigenvalue weighted by atomic mass is 15.3. The number of hydrogen-bond donors (Lipinski definition) is 0. The summed E-state index contributed by atoms with van der Waals surface area (Å²) in [6, 6.07) is 4.09. The van der Waals surface area contributed by atoms with Crippen molar-refractivity contribution in [3.05, 3.63) is 29.7 Å². The highest BCUT2D eigenvalue weighted by molar-refractivity contribution is 5.39. The Kier molecular flexibility index (Phi) is 2.68. The second kappa shape index (κ2) is 3.98. The van der Waals surface area contributed by atoms with Gasteiger partial charge in [0.15, 0.2) is 11.5 Å². The molecule has 0 aromatic carbocycles. The molecule has 0 aliphatic carbocycles. The summed E-state index contributed by atoms with van der Waals surface area (Å²) < 4.78 is 1.83. The zero-order chi connectivity index (χ0) is 10.8. The quantitative estimate of drug-likeness (QED) is 0.751. The van der Waals surface area contributed by atoms with Crippen LogP contribution in [0.5, 0.6) is 0 Å². The van der Waals surface area contributed by atoms with E-state index >= 15 is 0 Å². The van der Waals surface area contributed by atoms with E-state index in [1.54, 1.807) is 0 Å². The molecule has 2 rings (SSSR count). The van der Waals surface area contributed by atoms with Crippen molar-refractivity contribution in [2.75, 3.05) is 20.6 Å². The van der Waals surface area contributed by atoms with Crippen molar-refractivity contribution in [2.24, 2.45) is 0 Å². The number of rotatable bonds is 3. The Bertz CT molecular complexity index is 459. The van der Waals surface area contributed by atoms with E-state index in [-0.39, 0.29) is 0 Å². The Labute approximate surface area is 89.5 Å². The van der Waals surface area contributed by atoms with Crippen LogP contribution in [0.1, 0.15) is 11.4 Å². The van der Waals surface area contributed by atoms with Crippen LogP contribution >= 0.6 is 0 Å². The topological polar surface area (TPSA) is 33.4 Å². The van der Waals surface area contributed by atoms with Crippen LogP contribution in [0.25, 0.3) is 5.65 Å². The third kappa shape index (κ3) is 2.33. The summed E-state index contributed by atoms with van der Waals surface area (Å²) in [5.41, 5.74) is 2.15. The lowest BCUT2D eigenvalue weighted by molar-refractivity contribution is 0.409. The second-order valence-corrected chi connectivity index (χ2v) is 4.09. The first-order chi connectivity index (χ1) is 7.15. The summed E-state index contributed by atoms with van der Waals surface area (Å²) in [6.45, 7) is 3.05. The van der Waals surface area contributed by atoms with Crippen LogP contribution in [0.2, 0.25) is 0 Å². The van der Waals surface area contributed by atoms with E-state index in [4.69, 9.17) is 0 Å². The van der Waals surface area contributed by atoms with Crippen LogP contribution < -0.4 is 0 Å². The third-order valence-electron chi connectivity index (χ3n) is 2.32. The average molecular weight is 204 g/mol. The molecule has 0 bridgehead atoms. The predicted molar refractivity (Wildman–Crippen MR) is 60.0 cm³/mol. The van der Waals surface area contributed by atoms with Gasteiger partial charge in [0.1, 0.15) is 0 Å². The van der Waals surface area contributed by atoms with E-state index in [2.05, 4.69) is 36.0 Å². The van der Waals surface area contributed by atoms with E-state index in [9.17, 15) is 0 Å².